The molecule has 0 atom stereocenters. The van der Waals surface area contributed by atoms with Gasteiger partial charge in [0.2, 0.25) is 0 Å². The molecule has 0 fully saturated rings. The van der Waals surface area contributed by atoms with Crippen LogP contribution in [0.15, 0.2) is 70.6 Å². The minimum Gasteiger partial charge on any atom is -0.478 e. The highest BCUT2D eigenvalue weighted by Gasteiger charge is 2.03. The van der Waals surface area contributed by atoms with Crippen molar-refractivity contribution < 1.29 is 9.90 Å². The Hall–Kier alpha value is -3.13. The van der Waals surface area contributed by atoms with Gasteiger partial charge in [-0.3, -0.25) is 5.01 Å². The lowest BCUT2D eigenvalue weighted by Crippen LogP contribution is -2.08. The van der Waals surface area contributed by atoms with Gasteiger partial charge in [-0.2, -0.15) is 5.11 Å². The van der Waals surface area contributed by atoms with Gasteiger partial charge in [0.15, 0.2) is 0 Å². The van der Waals surface area contributed by atoms with E-state index in [9.17, 15) is 4.79 Å². The number of aromatic carboxylic acids is 1. The van der Waals surface area contributed by atoms with E-state index in [1.165, 1.54) is 12.1 Å². The number of anilines is 1. The van der Waals surface area contributed by atoms with Gasteiger partial charge in [-0.05, 0) is 38.1 Å². The van der Waals surface area contributed by atoms with Crippen molar-refractivity contribution in [1.29, 1.82) is 0 Å². The average Bonchev–Trinajstić information content (AvgIpc) is 2.61. The van der Waals surface area contributed by atoms with Crippen LogP contribution in [-0.4, -0.2) is 24.7 Å². The van der Waals surface area contributed by atoms with Gasteiger partial charge < -0.3 is 5.11 Å². The molecule has 0 unspecified atom stereocenters. The Morgan fingerprint density at radius 3 is 2.33 bits per heavy atom. The van der Waals surface area contributed by atoms with Crippen molar-refractivity contribution in [2.45, 2.75) is 13.8 Å². The zero-order valence-electron chi connectivity index (χ0n) is 14.3. The van der Waals surface area contributed by atoms with Crippen LogP contribution in [0.4, 0.5) is 5.69 Å². The van der Waals surface area contributed by atoms with E-state index < -0.39 is 5.97 Å². The van der Waals surface area contributed by atoms with E-state index in [0.29, 0.717) is 6.54 Å². The van der Waals surface area contributed by atoms with Gasteiger partial charge in [-0.25, -0.2) is 4.79 Å². The first-order valence-corrected chi connectivity index (χ1v) is 7.18. The summed E-state index contributed by atoms with van der Waals surface area (Å²) in [6.45, 7) is 8.15. The summed E-state index contributed by atoms with van der Waals surface area (Å²) in [5.41, 5.74) is 3.20. The fraction of sp³-hybridized carbons (Fsp3) is 0.211. The summed E-state index contributed by atoms with van der Waals surface area (Å²) in [6.07, 6.45) is 13.8. The van der Waals surface area contributed by atoms with Gasteiger partial charge in [-0.15, -0.1) is 12.8 Å². The monoisotopic (exact) mass is 325 g/mol. The molecule has 0 bridgehead atoms. The van der Waals surface area contributed by atoms with Crippen molar-refractivity contribution in [3.05, 3.63) is 65.8 Å². The summed E-state index contributed by atoms with van der Waals surface area (Å²) in [5.74, 6) is -0.945. The number of terminal acetylenes is 1. The second kappa shape index (κ2) is 11.4. The van der Waals surface area contributed by atoms with E-state index >= 15 is 0 Å². The largest absolute Gasteiger partial charge is 0.478 e. The van der Waals surface area contributed by atoms with Gasteiger partial charge in [0.25, 0.3) is 0 Å². The third-order valence-electron chi connectivity index (χ3n) is 2.96. The summed E-state index contributed by atoms with van der Waals surface area (Å²) in [6, 6.07) is 6.47. The summed E-state index contributed by atoms with van der Waals surface area (Å²) in [7, 11) is 1.76. The van der Waals surface area contributed by atoms with E-state index in [2.05, 4.69) is 29.8 Å². The number of hydrogen-bond acceptors (Lipinski definition) is 3. The molecule has 1 N–H and O–H groups in total. The summed E-state index contributed by atoms with van der Waals surface area (Å²) in [4.78, 5) is 10.8. The number of carboxylic acids is 1. The summed E-state index contributed by atoms with van der Waals surface area (Å²) >= 11 is 0. The number of rotatable bonds is 7. The third-order valence-corrected chi connectivity index (χ3v) is 2.96. The van der Waals surface area contributed by atoms with Crippen molar-refractivity contribution in [3.8, 4) is 12.8 Å². The van der Waals surface area contributed by atoms with Crippen LogP contribution in [0.1, 0.15) is 24.2 Å². The van der Waals surface area contributed by atoms with Crippen LogP contribution < -0.4 is 5.01 Å². The molecule has 0 spiro atoms. The Morgan fingerprint density at radius 2 is 1.83 bits per heavy atom. The Balaban J connectivity index is 0.00000254. The highest BCUT2D eigenvalue weighted by molar-refractivity contribution is 5.88. The van der Waals surface area contributed by atoms with Gasteiger partial charge in [0.05, 0.1) is 17.8 Å². The lowest BCUT2D eigenvalue weighted by molar-refractivity contribution is 0.0697. The van der Waals surface area contributed by atoms with Crippen LogP contribution in [0, 0.1) is 12.8 Å². The van der Waals surface area contributed by atoms with Gasteiger partial charge >= 0.3 is 5.97 Å². The molecule has 0 saturated heterocycles. The van der Waals surface area contributed by atoms with Crippen LogP contribution in [0.5, 0.6) is 0 Å². The Kier molecular flexibility index (Phi) is 9.95. The first-order valence-electron chi connectivity index (χ1n) is 7.18. The second-order valence-electron chi connectivity index (χ2n) is 4.89. The zero-order chi connectivity index (χ0) is 18.5. The number of carbonyl (C=O) groups is 1. The van der Waals surface area contributed by atoms with E-state index in [-0.39, 0.29) is 5.56 Å². The number of carboxylic acid groups (broad SMARTS) is 1. The molecule has 1 rings (SSSR count). The molecule has 0 saturated carbocycles. The van der Waals surface area contributed by atoms with Gasteiger partial charge in [0.1, 0.15) is 0 Å². The van der Waals surface area contributed by atoms with Crippen molar-refractivity contribution in [1.82, 2.24) is 0 Å². The SMILES string of the molecule is C#C.C=C/C(C)=C\C=C(/C)CN=NN(C)c1ccc(C(=O)O)cc1. The third kappa shape index (κ3) is 7.76. The molecule has 1 aromatic rings. The standard InChI is InChI=1S/C17H21N3O2.C2H2/c1-5-13(2)6-7-14(3)12-18-19-20(4)16-10-8-15(9-11-16)17(21)22;1-2/h5-11H,1,12H2,2-4H3,(H,21,22);1-2H/b13-6-,14-7+,19-18?;. The maximum Gasteiger partial charge on any atom is 0.335 e. The van der Waals surface area contributed by atoms with Crippen molar-refractivity contribution in [2.24, 2.45) is 10.3 Å². The smallest absolute Gasteiger partial charge is 0.335 e. The number of nitrogens with zero attached hydrogens (tertiary/aromatic N) is 3. The highest BCUT2D eigenvalue weighted by atomic mass is 16.4. The molecule has 0 heterocycles. The topological polar surface area (TPSA) is 65.3 Å². The van der Waals surface area contributed by atoms with E-state index in [0.717, 1.165) is 16.8 Å². The predicted molar refractivity (Wildman–Crippen MR) is 99.1 cm³/mol. The number of hydrogen-bond donors (Lipinski definition) is 1. The van der Waals surface area contributed by atoms with E-state index in [1.807, 2.05) is 26.0 Å². The van der Waals surface area contributed by atoms with E-state index in [4.69, 9.17) is 5.11 Å². The molecular formula is C19H23N3O2. The molecule has 5 nitrogen and oxygen atoms in total. The molecule has 24 heavy (non-hydrogen) atoms. The fourth-order valence-corrected chi connectivity index (χ4v) is 1.50. The Bertz CT molecular complexity index is 653. The van der Waals surface area contributed by atoms with Gasteiger partial charge in [0, 0.05) is 7.05 Å². The highest BCUT2D eigenvalue weighted by Crippen LogP contribution is 2.14. The number of benzene rings is 1. The normalized spacial score (nSPS) is 11.5. The molecule has 126 valence electrons. The molecule has 0 aliphatic carbocycles. The van der Waals surface area contributed by atoms with Crippen LogP contribution in [-0.2, 0) is 0 Å². The first kappa shape index (κ1) is 20.9. The Labute approximate surface area is 143 Å². The molecule has 1 aromatic carbocycles. The predicted octanol–water partition coefficient (Wildman–Crippen LogP) is 4.52. The van der Waals surface area contributed by atoms with Crippen LogP contribution in [0.25, 0.3) is 0 Å². The Morgan fingerprint density at radius 1 is 1.25 bits per heavy atom. The van der Waals surface area contributed by atoms with E-state index in [1.54, 1.807) is 30.3 Å². The lowest BCUT2D eigenvalue weighted by atomic mass is 10.2. The van der Waals surface area contributed by atoms with Crippen LogP contribution in [0.2, 0.25) is 0 Å². The van der Waals surface area contributed by atoms with Crippen molar-refractivity contribution in [2.75, 3.05) is 18.6 Å². The van der Waals surface area contributed by atoms with Crippen LogP contribution in [0.3, 0.4) is 0 Å². The maximum atomic E-state index is 10.8. The minimum absolute atomic E-state index is 0.247. The van der Waals surface area contributed by atoms with Crippen LogP contribution >= 0.6 is 0 Å². The molecule has 0 aromatic heterocycles. The first-order chi connectivity index (χ1) is 11.4. The molecule has 5 heteroatoms. The molecule has 0 amide bonds. The second-order valence-corrected chi connectivity index (χ2v) is 4.89. The molecular weight excluding hydrogens is 302 g/mol. The molecule has 0 aliphatic heterocycles. The maximum absolute atomic E-state index is 10.8. The quantitative estimate of drug-likeness (QED) is 0.347. The van der Waals surface area contributed by atoms with Gasteiger partial charge in [-0.1, -0.05) is 41.2 Å². The number of allylic oxidation sites excluding steroid dienone is 4. The van der Waals surface area contributed by atoms with Crippen molar-refractivity contribution >= 4 is 11.7 Å². The lowest BCUT2D eigenvalue weighted by Gasteiger charge is -2.11. The fourth-order valence-electron chi connectivity index (χ4n) is 1.50. The zero-order valence-corrected chi connectivity index (χ0v) is 14.3. The summed E-state index contributed by atoms with van der Waals surface area (Å²) in [5, 5.41) is 18.7. The molecule has 0 aliphatic rings. The van der Waals surface area contributed by atoms with Crippen molar-refractivity contribution in [3.63, 3.8) is 0 Å². The average molecular weight is 325 g/mol. The minimum atomic E-state index is -0.945. The molecule has 0 radical (unpaired) electrons. The summed E-state index contributed by atoms with van der Waals surface area (Å²) < 4.78 is 0.